The summed E-state index contributed by atoms with van der Waals surface area (Å²) in [7, 11) is 0. The van der Waals surface area contributed by atoms with Crippen LogP contribution < -0.4 is 10.6 Å². The van der Waals surface area contributed by atoms with Crippen molar-refractivity contribution in [1.82, 2.24) is 20.5 Å². The minimum atomic E-state index is -0.462. The van der Waals surface area contributed by atoms with E-state index >= 15 is 0 Å². The average Bonchev–Trinajstić information content (AvgIpc) is 3.32. The van der Waals surface area contributed by atoms with Gasteiger partial charge in [0.25, 0.3) is 0 Å². The van der Waals surface area contributed by atoms with Crippen LogP contribution in [0.2, 0.25) is 0 Å². The first-order valence-electron chi connectivity index (χ1n) is 9.39. The molecule has 1 aromatic heterocycles. The zero-order chi connectivity index (χ0) is 19.6. The maximum atomic E-state index is 13.3. The van der Waals surface area contributed by atoms with Gasteiger partial charge in [-0.15, -0.1) is 0 Å². The van der Waals surface area contributed by atoms with Crippen LogP contribution in [0.5, 0.6) is 0 Å². The van der Waals surface area contributed by atoms with Gasteiger partial charge < -0.3 is 10.6 Å². The molecule has 1 aliphatic carbocycles. The fourth-order valence-electron chi connectivity index (χ4n) is 3.82. The van der Waals surface area contributed by atoms with E-state index in [9.17, 15) is 9.18 Å². The number of aromatic nitrogens is 3. The maximum Gasteiger partial charge on any atom is 0.319 e. The molecule has 28 heavy (non-hydrogen) atoms. The Kier molecular flexibility index (Phi) is 4.81. The van der Waals surface area contributed by atoms with Gasteiger partial charge in [0, 0.05) is 11.3 Å². The predicted molar refractivity (Wildman–Crippen MR) is 105 cm³/mol. The number of nitrogens with zero attached hydrogens (tertiary/aromatic N) is 2. The zero-order valence-electron chi connectivity index (χ0n) is 15.6. The average molecular weight is 379 g/mol. The van der Waals surface area contributed by atoms with Crippen molar-refractivity contribution < 1.29 is 9.18 Å². The van der Waals surface area contributed by atoms with Gasteiger partial charge in [-0.1, -0.05) is 37.1 Å². The molecule has 0 saturated heterocycles. The molecule has 0 bridgehead atoms. The van der Waals surface area contributed by atoms with E-state index < -0.39 is 5.54 Å². The third-order valence-corrected chi connectivity index (χ3v) is 5.18. The molecule has 4 rings (SSSR count). The molecule has 144 valence electrons. The SMILES string of the molecule is Cc1nc(-c2cccc(NC(=O)NC3(c4ccc(F)cc4)CCCC3)c2)n[nH]1. The van der Waals surface area contributed by atoms with Crippen LogP contribution in [0.3, 0.4) is 0 Å². The summed E-state index contributed by atoms with van der Waals surface area (Å²) in [5.74, 6) is 1.04. The van der Waals surface area contributed by atoms with Gasteiger partial charge in [-0.05, 0) is 49.6 Å². The number of carbonyl (C=O) groups is 1. The van der Waals surface area contributed by atoms with Gasteiger partial charge in [0.05, 0.1) is 5.54 Å². The summed E-state index contributed by atoms with van der Waals surface area (Å²) in [6.07, 6.45) is 3.72. The number of benzene rings is 2. The van der Waals surface area contributed by atoms with Crippen LogP contribution in [0.25, 0.3) is 11.4 Å². The van der Waals surface area contributed by atoms with E-state index in [0.717, 1.165) is 42.6 Å². The van der Waals surface area contributed by atoms with Crippen molar-refractivity contribution >= 4 is 11.7 Å². The van der Waals surface area contributed by atoms with Gasteiger partial charge in [0.15, 0.2) is 5.82 Å². The van der Waals surface area contributed by atoms with E-state index in [-0.39, 0.29) is 11.8 Å². The molecule has 3 aromatic rings. The Balaban J connectivity index is 1.51. The number of anilines is 1. The molecule has 2 amide bonds. The molecule has 7 heteroatoms. The maximum absolute atomic E-state index is 13.3. The number of amides is 2. The fourth-order valence-corrected chi connectivity index (χ4v) is 3.82. The Hall–Kier alpha value is -3.22. The first-order valence-corrected chi connectivity index (χ1v) is 9.39. The fraction of sp³-hybridized carbons (Fsp3) is 0.286. The Bertz CT molecular complexity index is 976. The van der Waals surface area contributed by atoms with Crippen LogP contribution in [-0.4, -0.2) is 21.2 Å². The van der Waals surface area contributed by atoms with Crippen LogP contribution in [0, 0.1) is 12.7 Å². The van der Waals surface area contributed by atoms with Crippen molar-refractivity contribution in [3.05, 3.63) is 65.7 Å². The van der Waals surface area contributed by atoms with Crippen LogP contribution in [0.15, 0.2) is 48.5 Å². The smallest absolute Gasteiger partial charge is 0.319 e. The molecule has 0 spiro atoms. The van der Waals surface area contributed by atoms with Gasteiger partial charge in [0.2, 0.25) is 0 Å². The second-order valence-electron chi connectivity index (χ2n) is 7.20. The Morgan fingerprint density at radius 2 is 1.89 bits per heavy atom. The zero-order valence-corrected chi connectivity index (χ0v) is 15.6. The van der Waals surface area contributed by atoms with E-state index in [2.05, 4.69) is 25.8 Å². The van der Waals surface area contributed by atoms with E-state index in [1.807, 2.05) is 31.2 Å². The monoisotopic (exact) mass is 379 g/mol. The lowest BCUT2D eigenvalue weighted by Gasteiger charge is -2.31. The van der Waals surface area contributed by atoms with Crippen LogP contribution in [0.1, 0.15) is 37.1 Å². The number of carbonyl (C=O) groups excluding carboxylic acids is 1. The van der Waals surface area contributed by atoms with Crippen LogP contribution in [0.4, 0.5) is 14.9 Å². The number of rotatable bonds is 4. The lowest BCUT2D eigenvalue weighted by Crippen LogP contribution is -2.45. The number of nitrogens with one attached hydrogen (secondary N) is 3. The first kappa shape index (κ1) is 18.2. The molecule has 6 nitrogen and oxygen atoms in total. The number of aromatic amines is 1. The largest absolute Gasteiger partial charge is 0.328 e. The van der Waals surface area contributed by atoms with E-state index in [4.69, 9.17) is 0 Å². The van der Waals surface area contributed by atoms with Gasteiger partial charge in [-0.2, -0.15) is 5.10 Å². The molecule has 0 atom stereocenters. The molecule has 1 saturated carbocycles. The molecule has 3 N–H and O–H groups in total. The van der Waals surface area contributed by atoms with Gasteiger partial charge in [0.1, 0.15) is 11.6 Å². The van der Waals surface area contributed by atoms with Gasteiger partial charge in [-0.3, -0.25) is 5.10 Å². The predicted octanol–water partition coefficient (Wildman–Crippen LogP) is 4.51. The van der Waals surface area contributed by atoms with Crippen molar-refractivity contribution in [3.8, 4) is 11.4 Å². The number of aryl methyl sites for hydroxylation is 1. The topological polar surface area (TPSA) is 82.7 Å². The van der Waals surface area contributed by atoms with Gasteiger partial charge in [-0.25, -0.2) is 14.2 Å². The summed E-state index contributed by atoms with van der Waals surface area (Å²) in [4.78, 5) is 17.0. The number of urea groups is 1. The molecule has 1 heterocycles. The normalized spacial score (nSPS) is 15.4. The minimum absolute atomic E-state index is 0.277. The first-order chi connectivity index (χ1) is 13.5. The number of hydrogen-bond donors (Lipinski definition) is 3. The summed E-state index contributed by atoms with van der Waals surface area (Å²) >= 11 is 0. The van der Waals surface area contributed by atoms with E-state index in [1.165, 1.54) is 12.1 Å². The van der Waals surface area contributed by atoms with Crippen LogP contribution in [-0.2, 0) is 5.54 Å². The van der Waals surface area contributed by atoms with Crippen molar-refractivity contribution in [2.45, 2.75) is 38.1 Å². The summed E-state index contributed by atoms with van der Waals surface area (Å²) in [5, 5.41) is 13.0. The molecule has 1 fully saturated rings. The Morgan fingerprint density at radius 1 is 1.14 bits per heavy atom. The van der Waals surface area contributed by atoms with Crippen molar-refractivity contribution in [2.24, 2.45) is 0 Å². The number of halogens is 1. The van der Waals surface area contributed by atoms with Gasteiger partial charge >= 0.3 is 6.03 Å². The Labute approximate surface area is 162 Å². The molecular formula is C21H22FN5O. The van der Waals surface area contributed by atoms with Crippen molar-refractivity contribution in [3.63, 3.8) is 0 Å². The quantitative estimate of drug-likeness (QED) is 0.624. The second-order valence-corrected chi connectivity index (χ2v) is 7.20. The van der Waals surface area contributed by atoms with Crippen LogP contribution >= 0.6 is 0 Å². The molecule has 0 aliphatic heterocycles. The van der Waals surface area contributed by atoms with Crippen molar-refractivity contribution in [1.29, 1.82) is 0 Å². The molecule has 0 unspecified atom stereocenters. The number of hydrogen-bond acceptors (Lipinski definition) is 3. The van der Waals surface area contributed by atoms with E-state index in [0.29, 0.717) is 11.5 Å². The summed E-state index contributed by atoms with van der Waals surface area (Å²) in [5.41, 5.74) is 1.95. The minimum Gasteiger partial charge on any atom is -0.328 e. The standard InChI is InChI=1S/C21H22FN5O/c1-14-23-19(27-26-14)15-5-4-6-18(13-15)24-20(28)25-21(11-2-3-12-21)16-7-9-17(22)10-8-16/h4-10,13H,2-3,11-12H2,1H3,(H,23,26,27)(H2,24,25,28). The highest BCUT2D eigenvalue weighted by molar-refractivity contribution is 5.90. The molecule has 0 radical (unpaired) electrons. The molecular weight excluding hydrogens is 357 g/mol. The second kappa shape index (κ2) is 7.42. The summed E-state index contributed by atoms with van der Waals surface area (Å²) < 4.78 is 13.3. The third kappa shape index (κ3) is 3.74. The number of H-pyrrole nitrogens is 1. The Morgan fingerprint density at radius 3 is 2.57 bits per heavy atom. The highest BCUT2D eigenvalue weighted by Crippen LogP contribution is 2.38. The molecule has 1 aliphatic rings. The van der Waals surface area contributed by atoms with Crippen molar-refractivity contribution in [2.75, 3.05) is 5.32 Å². The highest BCUT2D eigenvalue weighted by Gasteiger charge is 2.37. The molecule has 2 aromatic carbocycles. The lowest BCUT2D eigenvalue weighted by molar-refractivity contribution is 0.236. The highest BCUT2D eigenvalue weighted by atomic mass is 19.1. The third-order valence-electron chi connectivity index (χ3n) is 5.18. The summed E-state index contributed by atoms with van der Waals surface area (Å²) in [6.45, 7) is 1.84. The lowest BCUT2D eigenvalue weighted by atomic mass is 9.88. The van der Waals surface area contributed by atoms with E-state index in [1.54, 1.807) is 12.1 Å². The summed E-state index contributed by atoms with van der Waals surface area (Å²) in [6, 6.07) is 13.5.